The zero-order valence-corrected chi connectivity index (χ0v) is 22.8. The number of benzene rings is 3. The van der Waals surface area contributed by atoms with E-state index in [1.165, 1.54) is 11.1 Å². The molecule has 0 aliphatic carbocycles. The largest absolute Gasteiger partial charge is 0.380 e. The number of carbonyl (C=O) groups excluding carboxylic acids is 1. The van der Waals surface area contributed by atoms with E-state index in [-0.39, 0.29) is 5.91 Å². The number of piperazine rings is 1. The van der Waals surface area contributed by atoms with Gasteiger partial charge in [-0.25, -0.2) is 0 Å². The molecule has 1 atom stereocenters. The van der Waals surface area contributed by atoms with Crippen LogP contribution in [0.5, 0.6) is 0 Å². The molecule has 0 unspecified atom stereocenters. The molecule has 1 N–H and O–H groups in total. The van der Waals surface area contributed by atoms with Crippen molar-refractivity contribution in [2.45, 2.75) is 32.9 Å². The Morgan fingerprint density at radius 2 is 1.69 bits per heavy atom. The third kappa shape index (κ3) is 5.77. The van der Waals surface area contributed by atoms with E-state index in [9.17, 15) is 10.1 Å². The first-order chi connectivity index (χ1) is 19.0. The number of aryl methyl sites for hydroxylation is 2. The molecule has 39 heavy (non-hydrogen) atoms. The fourth-order valence-electron chi connectivity index (χ4n) is 5.75. The summed E-state index contributed by atoms with van der Waals surface area (Å²) < 4.78 is 0. The van der Waals surface area contributed by atoms with Gasteiger partial charge in [0.1, 0.15) is 6.07 Å². The van der Waals surface area contributed by atoms with Crippen molar-refractivity contribution >= 4 is 17.3 Å². The number of anilines is 2. The number of likely N-dealkylation sites (tertiary alicyclic amines) is 1. The lowest BCUT2D eigenvalue weighted by Crippen LogP contribution is -2.49. The molecule has 0 radical (unpaired) electrons. The smallest absolute Gasteiger partial charge is 0.254 e. The summed E-state index contributed by atoms with van der Waals surface area (Å²) in [4.78, 5) is 20.2. The maximum Gasteiger partial charge on any atom is 0.254 e. The highest BCUT2D eigenvalue weighted by molar-refractivity contribution is 5.96. The van der Waals surface area contributed by atoms with Crippen LogP contribution in [0.25, 0.3) is 0 Å². The molecule has 6 heteroatoms. The number of nitrogens with zero attached hydrogens (tertiary/aromatic N) is 4. The van der Waals surface area contributed by atoms with Crippen LogP contribution in [0, 0.1) is 37.5 Å². The van der Waals surface area contributed by atoms with Crippen LogP contribution in [0.4, 0.5) is 11.4 Å². The van der Waals surface area contributed by atoms with Crippen LogP contribution in [-0.4, -0.2) is 61.0 Å². The minimum Gasteiger partial charge on any atom is -0.380 e. The molecule has 2 heterocycles. The van der Waals surface area contributed by atoms with E-state index in [4.69, 9.17) is 6.42 Å². The Labute approximate surface area is 231 Å². The van der Waals surface area contributed by atoms with E-state index in [0.29, 0.717) is 37.8 Å². The normalized spacial score (nSPS) is 17.5. The van der Waals surface area contributed by atoms with Crippen molar-refractivity contribution in [2.24, 2.45) is 0 Å². The second kappa shape index (κ2) is 11.6. The summed E-state index contributed by atoms with van der Waals surface area (Å²) in [5.74, 6) is 2.86. The SMILES string of the molecule is C#Cc1ccccc1N[C@@H]1CCN(Cc2cc(C(=O)N3CCN(c4ccccc4C#N)CC3)c(C)cc2C)C1. The molecule has 0 spiro atoms. The lowest BCUT2D eigenvalue weighted by molar-refractivity contribution is 0.0746. The van der Waals surface area contributed by atoms with Crippen molar-refractivity contribution in [3.63, 3.8) is 0 Å². The number of hydrogen-bond acceptors (Lipinski definition) is 5. The van der Waals surface area contributed by atoms with Gasteiger partial charge in [-0.1, -0.05) is 36.3 Å². The van der Waals surface area contributed by atoms with Crippen molar-refractivity contribution in [1.82, 2.24) is 9.80 Å². The third-order valence-corrected chi connectivity index (χ3v) is 7.95. The van der Waals surface area contributed by atoms with E-state index in [1.807, 2.05) is 60.4 Å². The molecule has 2 fully saturated rings. The van der Waals surface area contributed by atoms with Gasteiger partial charge in [-0.3, -0.25) is 9.69 Å². The van der Waals surface area contributed by atoms with E-state index in [1.54, 1.807) is 0 Å². The molecule has 3 aromatic rings. The number of hydrogen-bond donors (Lipinski definition) is 1. The summed E-state index contributed by atoms with van der Waals surface area (Å²) in [5, 5.41) is 13.1. The van der Waals surface area contributed by atoms with Gasteiger partial charge in [0.05, 0.1) is 16.9 Å². The van der Waals surface area contributed by atoms with Crippen LogP contribution < -0.4 is 10.2 Å². The fraction of sp³-hybridized carbons (Fsp3) is 0.333. The Morgan fingerprint density at radius 1 is 0.974 bits per heavy atom. The van der Waals surface area contributed by atoms with Crippen LogP contribution in [0.15, 0.2) is 60.7 Å². The summed E-state index contributed by atoms with van der Waals surface area (Å²) >= 11 is 0. The van der Waals surface area contributed by atoms with Crippen LogP contribution in [0.2, 0.25) is 0 Å². The molecule has 0 bridgehead atoms. The van der Waals surface area contributed by atoms with E-state index < -0.39 is 0 Å². The Bertz CT molecular complexity index is 1440. The quantitative estimate of drug-likeness (QED) is 0.476. The highest BCUT2D eigenvalue weighted by atomic mass is 16.2. The molecule has 0 aromatic heterocycles. The standard InChI is InChI=1S/C33H35N5O/c1-4-26-9-5-7-11-31(26)35-29-13-14-36(23-29)22-28-20-30(25(3)19-24(28)2)33(39)38-17-15-37(16-18-38)32-12-8-6-10-27(32)21-34/h1,5-12,19-20,29,35H,13-18,22-23H2,2-3H3/t29-/m1/s1. The predicted molar refractivity (Wildman–Crippen MR) is 157 cm³/mol. The van der Waals surface area contributed by atoms with E-state index >= 15 is 0 Å². The van der Waals surface area contributed by atoms with Gasteiger partial charge in [0.2, 0.25) is 0 Å². The number of nitrogens with one attached hydrogen (secondary N) is 1. The summed E-state index contributed by atoms with van der Waals surface area (Å²) in [7, 11) is 0. The Kier molecular flexibility index (Phi) is 7.87. The molecular weight excluding hydrogens is 482 g/mol. The summed E-state index contributed by atoms with van der Waals surface area (Å²) in [6.07, 6.45) is 6.73. The van der Waals surface area contributed by atoms with Gasteiger partial charge in [-0.2, -0.15) is 5.26 Å². The van der Waals surface area contributed by atoms with Gasteiger partial charge in [0.25, 0.3) is 5.91 Å². The molecule has 198 valence electrons. The van der Waals surface area contributed by atoms with Gasteiger partial charge in [0.15, 0.2) is 0 Å². The summed E-state index contributed by atoms with van der Waals surface area (Å²) in [6.45, 7) is 9.62. The minimum absolute atomic E-state index is 0.0915. The topological polar surface area (TPSA) is 62.6 Å². The monoisotopic (exact) mass is 517 g/mol. The lowest BCUT2D eigenvalue weighted by Gasteiger charge is -2.36. The average Bonchev–Trinajstić information content (AvgIpc) is 3.41. The first kappa shape index (κ1) is 26.4. The van der Waals surface area contributed by atoms with Gasteiger partial charge in [-0.05, 0) is 67.3 Å². The molecule has 2 aliphatic rings. The Hall–Kier alpha value is -4.26. The van der Waals surface area contributed by atoms with Crippen LogP contribution in [0.3, 0.4) is 0 Å². The third-order valence-electron chi connectivity index (χ3n) is 7.95. The van der Waals surface area contributed by atoms with E-state index in [0.717, 1.165) is 54.1 Å². The maximum atomic E-state index is 13.6. The van der Waals surface area contributed by atoms with Gasteiger partial charge in [-0.15, -0.1) is 6.42 Å². The minimum atomic E-state index is 0.0915. The summed E-state index contributed by atoms with van der Waals surface area (Å²) in [6, 6.07) is 22.5. The zero-order chi connectivity index (χ0) is 27.4. The van der Waals surface area contributed by atoms with Gasteiger partial charge >= 0.3 is 0 Å². The van der Waals surface area contributed by atoms with Crippen molar-refractivity contribution in [3.05, 3.63) is 94.0 Å². The molecule has 2 aliphatic heterocycles. The number of para-hydroxylation sites is 2. The zero-order valence-electron chi connectivity index (χ0n) is 22.8. The van der Waals surface area contributed by atoms with Gasteiger partial charge in [0, 0.05) is 63.0 Å². The van der Waals surface area contributed by atoms with Crippen molar-refractivity contribution in [2.75, 3.05) is 49.5 Å². The summed E-state index contributed by atoms with van der Waals surface area (Å²) in [5.41, 5.74) is 7.76. The lowest BCUT2D eigenvalue weighted by atomic mass is 9.98. The molecule has 6 nitrogen and oxygen atoms in total. The predicted octanol–water partition coefficient (Wildman–Crippen LogP) is 4.81. The number of amides is 1. The number of terminal acetylenes is 1. The van der Waals surface area contributed by atoms with E-state index in [2.05, 4.69) is 46.2 Å². The van der Waals surface area contributed by atoms with Crippen LogP contribution in [0.1, 0.15) is 44.6 Å². The second-order valence-corrected chi connectivity index (χ2v) is 10.6. The maximum absolute atomic E-state index is 13.6. The Morgan fingerprint density at radius 3 is 2.44 bits per heavy atom. The molecule has 0 saturated carbocycles. The average molecular weight is 518 g/mol. The molecule has 1 amide bonds. The van der Waals surface area contributed by atoms with Crippen molar-refractivity contribution < 1.29 is 4.79 Å². The molecule has 5 rings (SSSR count). The Balaban J connectivity index is 1.23. The fourth-order valence-corrected chi connectivity index (χ4v) is 5.75. The second-order valence-electron chi connectivity index (χ2n) is 10.6. The van der Waals surface area contributed by atoms with Crippen LogP contribution in [-0.2, 0) is 6.54 Å². The number of carbonyl (C=O) groups is 1. The van der Waals surface area contributed by atoms with Crippen molar-refractivity contribution in [1.29, 1.82) is 5.26 Å². The first-order valence-corrected chi connectivity index (χ1v) is 13.6. The molecule has 2 saturated heterocycles. The first-order valence-electron chi connectivity index (χ1n) is 13.6. The van der Waals surface area contributed by atoms with Gasteiger partial charge < -0.3 is 15.1 Å². The highest BCUT2D eigenvalue weighted by Crippen LogP contribution is 2.25. The molecule has 3 aromatic carbocycles. The van der Waals surface area contributed by atoms with Crippen LogP contribution >= 0.6 is 0 Å². The van der Waals surface area contributed by atoms with Crippen molar-refractivity contribution in [3.8, 4) is 18.4 Å². The highest BCUT2D eigenvalue weighted by Gasteiger charge is 2.27. The molecular formula is C33H35N5O. The number of rotatable bonds is 6. The number of nitriles is 1.